The van der Waals surface area contributed by atoms with Crippen LogP contribution in [0.1, 0.15) is 44.7 Å². The summed E-state index contributed by atoms with van der Waals surface area (Å²) in [5.74, 6) is -1.06. The van der Waals surface area contributed by atoms with Gasteiger partial charge in [-0.2, -0.15) is 0 Å². The molecule has 0 aromatic carbocycles. The molecule has 1 atom stereocenters. The first-order valence-corrected chi connectivity index (χ1v) is 7.31. The van der Waals surface area contributed by atoms with Crippen molar-refractivity contribution in [2.45, 2.75) is 58.6 Å². The largest absolute Gasteiger partial charge is 0.480 e. The fourth-order valence-corrected chi connectivity index (χ4v) is 1.96. The summed E-state index contributed by atoms with van der Waals surface area (Å²) in [7, 11) is 0. The number of aliphatic carboxylic acids is 1. The zero-order chi connectivity index (χ0) is 16.8. The predicted molar refractivity (Wildman–Crippen MR) is 82.7 cm³/mol. The number of ether oxygens (including phenoxy) is 1. The van der Waals surface area contributed by atoms with Crippen LogP contribution in [0.25, 0.3) is 0 Å². The number of nitrogens with one attached hydrogen (secondary N) is 1. The van der Waals surface area contributed by atoms with E-state index in [1.165, 1.54) is 0 Å². The Labute approximate surface area is 130 Å². The first kappa shape index (κ1) is 17.9. The van der Waals surface area contributed by atoms with Gasteiger partial charge in [-0.1, -0.05) is 0 Å². The summed E-state index contributed by atoms with van der Waals surface area (Å²) in [5, 5.41) is 11.6. The highest BCUT2D eigenvalue weighted by atomic mass is 16.6. The molecule has 1 heterocycles. The van der Waals surface area contributed by atoms with Crippen molar-refractivity contribution in [1.29, 1.82) is 0 Å². The minimum absolute atomic E-state index is 0.336. The number of nitrogens with zero attached hydrogens (tertiary/aromatic N) is 1. The Morgan fingerprint density at radius 1 is 1.41 bits per heavy atom. The summed E-state index contributed by atoms with van der Waals surface area (Å²) in [5.41, 5.74) is 1.56. The van der Waals surface area contributed by atoms with Crippen molar-refractivity contribution >= 4 is 12.1 Å². The van der Waals surface area contributed by atoms with Crippen molar-refractivity contribution in [3.8, 4) is 0 Å². The zero-order valence-electron chi connectivity index (χ0n) is 13.5. The van der Waals surface area contributed by atoms with Crippen LogP contribution in [0.2, 0.25) is 0 Å². The third-order valence-corrected chi connectivity index (χ3v) is 3.08. The van der Waals surface area contributed by atoms with Crippen molar-refractivity contribution in [3.63, 3.8) is 0 Å². The Hall–Kier alpha value is -2.11. The number of aryl methyl sites for hydroxylation is 2. The Morgan fingerprint density at radius 2 is 2.09 bits per heavy atom. The van der Waals surface area contributed by atoms with Gasteiger partial charge in [-0.15, -0.1) is 0 Å². The number of aromatic nitrogens is 1. The van der Waals surface area contributed by atoms with Crippen LogP contribution >= 0.6 is 0 Å². The number of rotatable bonds is 6. The van der Waals surface area contributed by atoms with E-state index in [-0.39, 0.29) is 0 Å². The van der Waals surface area contributed by atoms with Gasteiger partial charge in [0.15, 0.2) is 0 Å². The minimum Gasteiger partial charge on any atom is -0.480 e. The van der Waals surface area contributed by atoms with Crippen LogP contribution in [0.15, 0.2) is 18.5 Å². The first-order valence-electron chi connectivity index (χ1n) is 7.31. The lowest BCUT2D eigenvalue weighted by Gasteiger charge is -2.22. The van der Waals surface area contributed by atoms with Gasteiger partial charge in [-0.25, -0.2) is 9.59 Å². The molecule has 0 fully saturated rings. The molecule has 0 radical (unpaired) electrons. The van der Waals surface area contributed by atoms with Gasteiger partial charge in [0, 0.05) is 12.4 Å². The highest BCUT2D eigenvalue weighted by molar-refractivity contribution is 5.79. The second-order valence-electron chi connectivity index (χ2n) is 6.23. The van der Waals surface area contributed by atoms with E-state index in [9.17, 15) is 14.7 Å². The molecule has 0 aliphatic carbocycles. The number of pyridine rings is 1. The lowest BCUT2D eigenvalue weighted by Crippen LogP contribution is -2.43. The number of carboxylic acid groups (broad SMARTS) is 1. The Bertz CT molecular complexity index is 523. The average Bonchev–Trinajstić information content (AvgIpc) is 2.37. The van der Waals surface area contributed by atoms with Crippen LogP contribution in [0, 0.1) is 6.92 Å². The maximum absolute atomic E-state index is 11.7. The molecule has 122 valence electrons. The summed E-state index contributed by atoms with van der Waals surface area (Å²) in [6.07, 6.45) is 4.49. The van der Waals surface area contributed by atoms with Crippen molar-refractivity contribution in [2.24, 2.45) is 0 Å². The molecule has 0 saturated carbocycles. The summed E-state index contributed by atoms with van der Waals surface area (Å²) >= 11 is 0. The number of carbonyl (C=O) groups is 2. The van der Waals surface area contributed by atoms with Crippen LogP contribution in [0.3, 0.4) is 0 Å². The lowest BCUT2D eigenvalue weighted by molar-refractivity contribution is -0.139. The number of carbonyl (C=O) groups excluding carboxylic acids is 1. The highest BCUT2D eigenvalue weighted by Gasteiger charge is 2.23. The standard InChI is InChI=1S/C16H24N2O4/c1-11-8-9-17-10-12(11)6-5-7-13(14(19)20)18-15(21)22-16(2,3)4/h8-10,13H,5-7H2,1-4H3,(H,18,21)(H,19,20). The molecule has 0 spiro atoms. The molecule has 6 nitrogen and oxygen atoms in total. The van der Waals surface area contributed by atoms with E-state index in [1.807, 2.05) is 13.0 Å². The summed E-state index contributed by atoms with van der Waals surface area (Å²) < 4.78 is 5.08. The molecule has 1 unspecified atom stereocenters. The molecule has 0 aliphatic rings. The van der Waals surface area contributed by atoms with Crippen molar-refractivity contribution in [3.05, 3.63) is 29.6 Å². The smallest absolute Gasteiger partial charge is 0.408 e. The Kier molecular flexibility index (Phi) is 6.34. The maximum Gasteiger partial charge on any atom is 0.408 e. The van der Waals surface area contributed by atoms with Crippen LogP contribution in [0.5, 0.6) is 0 Å². The third-order valence-electron chi connectivity index (χ3n) is 3.08. The molecule has 22 heavy (non-hydrogen) atoms. The van der Waals surface area contributed by atoms with E-state index in [4.69, 9.17) is 4.74 Å². The Morgan fingerprint density at radius 3 is 2.64 bits per heavy atom. The summed E-state index contributed by atoms with van der Waals surface area (Å²) in [4.78, 5) is 26.9. The van der Waals surface area contributed by atoms with Gasteiger partial charge in [0.1, 0.15) is 11.6 Å². The SMILES string of the molecule is Cc1ccncc1CCCC(NC(=O)OC(C)(C)C)C(=O)O. The van der Waals surface area contributed by atoms with E-state index in [0.717, 1.165) is 17.5 Å². The van der Waals surface area contributed by atoms with E-state index in [1.54, 1.807) is 33.2 Å². The van der Waals surface area contributed by atoms with Gasteiger partial charge in [-0.05, 0) is 64.2 Å². The van der Waals surface area contributed by atoms with Crippen LogP contribution in [0.4, 0.5) is 4.79 Å². The van der Waals surface area contributed by atoms with Crippen LogP contribution in [-0.2, 0) is 16.0 Å². The molecule has 1 aromatic rings. The average molecular weight is 308 g/mol. The monoisotopic (exact) mass is 308 g/mol. The van der Waals surface area contributed by atoms with Crippen LogP contribution in [-0.4, -0.2) is 33.8 Å². The van der Waals surface area contributed by atoms with Crippen LogP contribution < -0.4 is 5.32 Å². The molecule has 2 N–H and O–H groups in total. The molecule has 1 rings (SSSR count). The van der Waals surface area contributed by atoms with E-state index in [2.05, 4.69) is 10.3 Å². The highest BCUT2D eigenvalue weighted by Crippen LogP contribution is 2.11. The van der Waals surface area contributed by atoms with Gasteiger partial charge < -0.3 is 15.2 Å². The molecular weight excluding hydrogens is 284 g/mol. The molecule has 1 aromatic heterocycles. The van der Waals surface area contributed by atoms with Gasteiger partial charge >= 0.3 is 12.1 Å². The Balaban J connectivity index is 2.50. The fraction of sp³-hybridized carbons (Fsp3) is 0.562. The van der Waals surface area contributed by atoms with E-state index < -0.39 is 23.7 Å². The van der Waals surface area contributed by atoms with Gasteiger partial charge in [0.05, 0.1) is 0 Å². The number of carboxylic acids is 1. The number of amides is 1. The van der Waals surface area contributed by atoms with Crippen molar-refractivity contribution in [2.75, 3.05) is 0 Å². The topological polar surface area (TPSA) is 88.5 Å². The first-order chi connectivity index (χ1) is 10.2. The zero-order valence-corrected chi connectivity index (χ0v) is 13.5. The van der Waals surface area contributed by atoms with E-state index >= 15 is 0 Å². The third kappa shape index (κ3) is 6.56. The molecule has 0 aliphatic heterocycles. The lowest BCUT2D eigenvalue weighted by atomic mass is 10.0. The van der Waals surface area contributed by atoms with Gasteiger partial charge in [0.2, 0.25) is 0 Å². The van der Waals surface area contributed by atoms with E-state index in [0.29, 0.717) is 12.8 Å². The normalized spacial score (nSPS) is 12.5. The predicted octanol–water partition coefficient (Wildman–Crippen LogP) is 2.69. The van der Waals surface area contributed by atoms with Crippen molar-refractivity contribution in [1.82, 2.24) is 10.3 Å². The summed E-state index contributed by atoms with van der Waals surface area (Å²) in [6, 6.07) is 0.968. The number of alkyl carbamates (subject to hydrolysis) is 1. The van der Waals surface area contributed by atoms with Gasteiger partial charge in [-0.3, -0.25) is 4.98 Å². The molecule has 6 heteroatoms. The molecule has 1 amide bonds. The maximum atomic E-state index is 11.7. The number of hydrogen-bond donors (Lipinski definition) is 2. The quantitative estimate of drug-likeness (QED) is 0.843. The minimum atomic E-state index is -1.06. The molecular formula is C16H24N2O4. The fourth-order valence-electron chi connectivity index (χ4n) is 1.96. The summed E-state index contributed by atoms with van der Waals surface area (Å²) in [6.45, 7) is 7.18. The second-order valence-corrected chi connectivity index (χ2v) is 6.23. The van der Waals surface area contributed by atoms with Crippen molar-refractivity contribution < 1.29 is 19.4 Å². The van der Waals surface area contributed by atoms with Gasteiger partial charge in [0.25, 0.3) is 0 Å². The second kappa shape index (κ2) is 7.77. The molecule has 0 bridgehead atoms. The number of hydrogen-bond acceptors (Lipinski definition) is 4. The molecule has 0 saturated heterocycles.